The summed E-state index contributed by atoms with van der Waals surface area (Å²) in [5, 5.41) is 11.1. The van der Waals surface area contributed by atoms with E-state index >= 15 is 0 Å². The highest BCUT2D eigenvalue weighted by Crippen LogP contribution is 2.33. The van der Waals surface area contributed by atoms with Crippen LogP contribution in [0, 0.1) is 5.92 Å². The van der Waals surface area contributed by atoms with Crippen LogP contribution in [0.15, 0.2) is 24.3 Å². The number of ketones is 1. The fourth-order valence-electron chi connectivity index (χ4n) is 2.47. The van der Waals surface area contributed by atoms with E-state index in [-0.39, 0.29) is 5.78 Å². The Morgan fingerprint density at radius 2 is 1.89 bits per heavy atom. The smallest absolute Gasteiger partial charge is 0.168 e. The molecule has 1 aliphatic rings. The number of aliphatic hydroxyl groups is 1. The standard InChI is InChI=1S/C15H19ClO2/c1-11-6-8-15(18,9-7-11)14(17)10-12-2-4-13(16)5-3-12/h2-5,11,18H,6-10H2,1H3. The van der Waals surface area contributed by atoms with Gasteiger partial charge in [-0.05, 0) is 49.3 Å². The molecule has 0 unspecified atom stereocenters. The van der Waals surface area contributed by atoms with Crippen molar-refractivity contribution < 1.29 is 9.90 Å². The predicted molar refractivity (Wildman–Crippen MR) is 72.7 cm³/mol. The van der Waals surface area contributed by atoms with Crippen LogP contribution in [-0.2, 0) is 11.2 Å². The zero-order chi connectivity index (χ0) is 13.2. The Hall–Kier alpha value is -0.860. The Balaban J connectivity index is 2.01. The average molecular weight is 267 g/mol. The molecule has 0 atom stereocenters. The Kier molecular flexibility index (Phi) is 4.08. The van der Waals surface area contributed by atoms with Crippen molar-refractivity contribution in [2.45, 2.75) is 44.6 Å². The van der Waals surface area contributed by atoms with Crippen LogP contribution in [0.25, 0.3) is 0 Å². The maximum absolute atomic E-state index is 12.2. The molecule has 2 rings (SSSR count). The fourth-order valence-corrected chi connectivity index (χ4v) is 2.60. The van der Waals surface area contributed by atoms with Crippen molar-refractivity contribution in [2.75, 3.05) is 0 Å². The first kappa shape index (κ1) is 13.6. The summed E-state index contributed by atoms with van der Waals surface area (Å²) in [4.78, 5) is 12.2. The van der Waals surface area contributed by atoms with E-state index in [1.165, 1.54) is 0 Å². The minimum absolute atomic E-state index is 0.0586. The Morgan fingerprint density at radius 1 is 1.33 bits per heavy atom. The van der Waals surface area contributed by atoms with E-state index in [1.807, 2.05) is 12.1 Å². The molecule has 18 heavy (non-hydrogen) atoms. The summed E-state index contributed by atoms with van der Waals surface area (Å²) in [7, 11) is 0. The molecule has 1 fully saturated rings. The third-order valence-electron chi connectivity index (χ3n) is 3.90. The third-order valence-corrected chi connectivity index (χ3v) is 4.15. The zero-order valence-electron chi connectivity index (χ0n) is 10.7. The quantitative estimate of drug-likeness (QED) is 0.911. The molecule has 0 aromatic heterocycles. The topological polar surface area (TPSA) is 37.3 Å². The molecule has 98 valence electrons. The van der Waals surface area contributed by atoms with Crippen molar-refractivity contribution in [2.24, 2.45) is 5.92 Å². The first-order valence-corrected chi connectivity index (χ1v) is 6.87. The van der Waals surface area contributed by atoms with Crippen molar-refractivity contribution in [3.05, 3.63) is 34.9 Å². The monoisotopic (exact) mass is 266 g/mol. The molecule has 1 aromatic carbocycles. The zero-order valence-corrected chi connectivity index (χ0v) is 11.4. The highest BCUT2D eigenvalue weighted by Gasteiger charge is 2.38. The van der Waals surface area contributed by atoms with Gasteiger partial charge in [-0.15, -0.1) is 0 Å². The van der Waals surface area contributed by atoms with E-state index in [2.05, 4.69) is 6.92 Å². The van der Waals surface area contributed by atoms with Crippen LogP contribution < -0.4 is 0 Å². The molecule has 1 saturated carbocycles. The van der Waals surface area contributed by atoms with Crippen molar-refractivity contribution in [3.8, 4) is 0 Å². The molecule has 0 aliphatic heterocycles. The largest absolute Gasteiger partial charge is 0.382 e. The predicted octanol–water partition coefficient (Wildman–Crippen LogP) is 3.39. The van der Waals surface area contributed by atoms with E-state index in [9.17, 15) is 9.90 Å². The second kappa shape index (κ2) is 5.41. The van der Waals surface area contributed by atoms with Crippen LogP contribution in [0.5, 0.6) is 0 Å². The van der Waals surface area contributed by atoms with Crippen LogP contribution in [0.3, 0.4) is 0 Å². The SMILES string of the molecule is CC1CCC(O)(C(=O)Cc2ccc(Cl)cc2)CC1. The molecule has 0 saturated heterocycles. The van der Waals surface area contributed by atoms with Gasteiger partial charge in [0.2, 0.25) is 0 Å². The van der Waals surface area contributed by atoms with Gasteiger partial charge in [0.05, 0.1) is 0 Å². The number of Topliss-reactive ketones (excluding diaryl/α,β-unsaturated/α-hetero) is 1. The molecule has 0 spiro atoms. The lowest BCUT2D eigenvalue weighted by Crippen LogP contribution is -2.42. The third kappa shape index (κ3) is 3.12. The molecule has 2 nitrogen and oxygen atoms in total. The number of hydrogen-bond acceptors (Lipinski definition) is 2. The van der Waals surface area contributed by atoms with E-state index in [4.69, 9.17) is 11.6 Å². The molecule has 1 N–H and O–H groups in total. The van der Waals surface area contributed by atoms with Crippen LogP contribution >= 0.6 is 11.6 Å². The molecular weight excluding hydrogens is 248 g/mol. The minimum atomic E-state index is -1.11. The lowest BCUT2D eigenvalue weighted by Gasteiger charge is -2.33. The minimum Gasteiger partial charge on any atom is -0.382 e. The van der Waals surface area contributed by atoms with Crippen LogP contribution in [0.4, 0.5) is 0 Å². The lowest BCUT2D eigenvalue weighted by molar-refractivity contribution is -0.140. The summed E-state index contributed by atoms with van der Waals surface area (Å²) >= 11 is 5.81. The van der Waals surface area contributed by atoms with Gasteiger partial charge in [-0.3, -0.25) is 4.79 Å². The second-order valence-electron chi connectivity index (χ2n) is 5.44. The van der Waals surface area contributed by atoms with Crippen LogP contribution in [0.2, 0.25) is 5.02 Å². The normalized spacial score (nSPS) is 28.1. The van der Waals surface area contributed by atoms with Crippen molar-refractivity contribution in [1.29, 1.82) is 0 Å². The Morgan fingerprint density at radius 3 is 2.44 bits per heavy atom. The highest BCUT2D eigenvalue weighted by atomic mass is 35.5. The van der Waals surface area contributed by atoms with Gasteiger partial charge in [0.1, 0.15) is 5.60 Å². The van der Waals surface area contributed by atoms with Crippen molar-refractivity contribution in [1.82, 2.24) is 0 Å². The van der Waals surface area contributed by atoms with Gasteiger partial charge in [-0.25, -0.2) is 0 Å². The summed E-state index contributed by atoms with van der Waals surface area (Å²) in [5.41, 5.74) is -0.192. The van der Waals surface area contributed by atoms with Gasteiger partial charge in [-0.1, -0.05) is 30.7 Å². The molecule has 1 aliphatic carbocycles. The van der Waals surface area contributed by atoms with Gasteiger partial charge >= 0.3 is 0 Å². The first-order valence-electron chi connectivity index (χ1n) is 6.50. The number of rotatable bonds is 3. The van der Waals surface area contributed by atoms with E-state index in [0.29, 0.717) is 30.2 Å². The summed E-state index contributed by atoms with van der Waals surface area (Å²) in [6.45, 7) is 2.17. The van der Waals surface area contributed by atoms with E-state index in [0.717, 1.165) is 18.4 Å². The summed E-state index contributed by atoms with van der Waals surface area (Å²) in [5.74, 6) is 0.560. The highest BCUT2D eigenvalue weighted by molar-refractivity contribution is 6.30. The Bertz CT molecular complexity index is 417. The van der Waals surface area contributed by atoms with Crippen molar-refractivity contribution >= 4 is 17.4 Å². The molecule has 3 heteroatoms. The number of halogens is 1. The fraction of sp³-hybridized carbons (Fsp3) is 0.533. The van der Waals surface area contributed by atoms with E-state index in [1.54, 1.807) is 12.1 Å². The van der Waals surface area contributed by atoms with Crippen LogP contribution in [-0.4, -0.2) is 16.5 Å². The Labute approximate surface area is 113 Å². The van der Waals surface area contributed by atoms with Gasteiger partial charge in [-0.2, -0.15) is 0 Å². The maximum atomic E-state index is 12.2. The lowest BCUT2D eigenvalue weighted by atomic mass is 9.76. The van der Waals surface area contributed by atoms with Gasteiger partial charge in [0, 0.05) is 11.4 Å². The second-order valence-corrected chi connectivity index (χ2v) is 5.88. The van der Waals surface area contributed by atoms with Crippen molar-refractivity contribution in [3.63, 3.8) is 0 Å². The molecule has 1 aromatic rings. The summed E-state index contributed by atoms with van der Waals surface area (Å²) in [6, 6.07) is 7.23. The summed E-state index contributed by atoms with van der Waals surface area (Å²) in [6.07, 6.45) is 3.36. The summed E-state index contributed by atoms with van der Waals surface area (Å²) < 4.78 is 0. The number of hydrogen-bond donors (Lipinski definition) is 1. The molecular formula is C15H19ClO2. The number of benzene rings is 1. The molecule has 0 amide bonds. The number of carbonyl (C=O) groups excluding carboxylic acids is 1. The number of carbonyl (C=O) groups is 1. The van der Waals surface area contributed by atoms with E-state index < -0.39 is 5.60 Å². The molecule has 0 radical (unpaired) electrons. The first-order chi connectivity index (χ1) is 8.49. The molecule has 0 bridgehead atoms. The average Bonchev–Trinajstić information content (AvgIpc) is 2.36. The van der Waals surface area contributed by atoms with Gasteiger partial charge in [0.15, 0.2) is 5.78 Å². The van der Waals surface area contributed by atoms with Crippen LogP contribution in [0.1, 0.15) is 38.2 Å². The van der Waals surface area contributed by atoms with Gasteiger partial charge in [0.25, 0.3) is 0 Å². The van der Waals surface area contributed by atoms with Gasteiger partial charge < -0.3 is 5.11 Å². The molecule has 0 heterocycles. The maximum Gasteiger partial charge on any atom is 0.168 e.